The Labute approximate surface area is 142 Å². The van der Waals surface area contributed by atoms with E-state index in [1.165, 1.54) is 33.9 Å². The molecule has 2 nitrogen and oxygen atoms in total. The quantitative estimate of drug-likeness (QED) is 0.469. The average molecular weight is 312 g/mol. The lowest BCUT2D eigenvalue weighted by atomic mass is 10.2. The van der Waals surface area contributed by atoms with Crippen molar-refractivity contribution in [2.75, 3.05) is 0 Å². The van der Waals surface area contributed by atoms with Gasteiger partial charge in [-0.2, -0.15) is 0 Å². The molecule has 0 atom stereocenters. The summed E-state index contributed by atoms with van der Waals surface area (Å²) in [7, 11) is 0. The van der Waals surface area contributed by atoms with Crippen LogP contribution >= 0.6 is 0 Å². The van der Waals surface area contributed by atoms with Crippen LogP contribution in [-0.2, 0) is 0 Å². The maximum absolute atomic E-state index is 2.31. The number of benzene rings is 2. The van der Waals surface area contributed by atoms with Crippen molar-refractivity contribution in [2.24, 2.45) is 0 Å². The highest BCUT2D eigenvalue weighted by Gasteiger charge is 2.15. The first-order valence-corrected chi connectivity index (χ1v) is 8.24. The Morgan fingerprint density at radius 2 is 0.875 bits per heavy atom. The van der Waals surface area contributed by atoms with Crippen LogP contribution < -0.4 is 0 Å². The molecule has 0 unspecified atom stereocenters. The standard InChI is InChI=1S/C22H20N2/c1-17-13-14-18(2)23(17)24-21(19-9-5-3-6-10-19)15-16-22(24)20-11-7-4-8-12-20/h3-16H,1-2H3. The number of aromatic nitrogens is 2. The zero-order valence-corrected chi connectivity index (χ0v) is 14.0. The molecule has 0 bridgehead atoms. The van der Waals surface area contributed by atoms with Gasteiger partial charge in [0.25, 0.3) is 0 Å². The first-order chi connectivity index (χ1) is 11.8. The van der Waals surface area contributed by atoms with Gasteiger partial charge in [0.15, 0.2) is 0 Å². The van der Waals surface area contributed by atoms with Gasteiger partial charge in [0.05, 0.1) is 11.4 Å². The molecule has 0 aliphatic rings. The van der Waals surface area contributed by atoms with Crippen LogP contribution in [0.5, 0.6) is 0 Å². The van der Waals surface area contributed by atoms with Gasteiger partial charge in [-0.05, 0) is 38.1 Å². The SMILES string of the molecule is Cc1ccc(C)n1-n1c(-c2ccccc2)ccc1-c1ccccc1. The Bertz CT molecular complexity index is 883. The third kappa shape index (κ3) is 2.37. The highest BCUT2D eigenvalue weighted by Crippen LogP contribution is 2.30. The van der Waals surface area contributed by atoms with Crippen molar-refractivity contribution in [1.29, 1.82) is 0 Å². The summed E-state index contributed by atoms with van der Waals surface area (Å²) in [6.07, 6.45) is 0. The van der Waals surface area contributed by atoms with E-state index in [9.17, 15) is 0 Å². The third-order valence-electron chi connectivity index (χ3n) is 4.43. The van der Waals surface area contributed by atoms with E-state index >= 15 is 0 Å². The number of hydrogen-bond acceptors (Lipinski definition) is 0. The first-order valence-electron chi connectivity index (χ1n) is 8.24. The lowest BCUT2D eigenvalue weighted by Gasteiger charge is -2.19. The van der Waals surface area contributed by atoms with E-state index in [1.54, 1.807) is 0 Å². The predicted octanol–water partition coefficient (Wildman–Crippen LogP) is 5.55. The van der Waals surface area contributed by atoms with Crippen molar-refractivity contribution in [3.05, 3.63) is 96.3 Å². The van der Waals surface area contributed by atoms with Crippen LogP contribution in [0.1, 0.15) is 11.4 Å². The molecule has 0 aliphatic heterocycles. The number of nitrogens with zero attached hydrogens (tertiary/aromatic N) is 2. The molecular formula is C22H20N2. The molecule has 0 radical (unpaired) electrons. The minimum absolute atomic E-state index is 1.19. The summed E-state index contributed by atoms with van der Waals surface area (Å²) in [5.41, 5.74) is 7.25. The third-order valence-corrected chi connectivity index (χ3v) is 4.43. The van der Waals surface area contributed by atoms with Crippen molar-refractivity contribution in [3.8, 4) is 22.5 Å². The number of rotatable bonds is 3. The van der Waals surface area contributed by atoms with Crippen molar-refractivity contribution < 1.29 is 0 Å². The summed E-state index contributed by atoms with van der Waals surface area (Å²) in [5.74, 6) is 0. The smallest absolute Gasteiger partial charge is 0.0710 e. The Kier molecular flexibility index (Phi) is 3.58. The van der Waals surface area contributed by atoms with Crippen molar-refractivity contribution in [3.63, 3.8) is 0 Å². The topological polar surface area (TPSA) is 9.86 Å². The van der Waals surface area contributed by atoms with Crippen LogP contribution in [-0.4, -0.2) is 9.35 Å². The van der Waals surface area contributed by atoms with Crippen molar-refractivity contribution in [2.45, 2.75) is 13.8 Å². The largest absolute Gasteiger partial charge is 0.258 e. The van der Waals surface area contributed by atoms with Crippen LogP contribution in [0.15, 0.2) is 84.9 Å². The monoisotopic (exact) mass is 312 g/mol. The highest BCUT2D eigenvalue weighted by atomic mass is 15.5. The molecular weight excluding hydrogens is 292 g/mol. The molecule has 4 aromatic rings. The summed E-state index contributed by atoms with van der Waals surface area (Å²) in [6.45, 7) is 4.30. The Balaban J connectivity index is 2.02. The van der Waals surface area contributed by atoms with Crippen LogP contribution in [0.4, 0.5) is 0 Å². The summed E-state index contributed by atoms with van der Waals surface area (Å²) >= 11 is 0. The van der Waals surface area contributed by atoms with E-state index < -0.39 is 0 Å². The summed E-state index contributed by atoms with van der Waals surface area (Å²) in [5, 5.41) is 0. The second-order valence-corrected chi connectivity index (χ2v) is 6.08. The van der Waals surface area contributed by atoms with Gasteiger partial charge in [0.1, 0.15) is 0 Å². The fourth-order valence-electron chi connectivity index (χ4n) is 3.28. The maximum Gasteiger partial charge on any atom is 0.0710 e. The molecule has 0 N–H and O–H groups in total. The van der Waals surface area contributed by atoms with Gasteiger partial charge < -0.3 is 0 Å². The highest BCUT2D eigenvalue weighted by molar-refractivity contribution is 5.70. The molecule has 2 aromatic carbocycles. The predicted molar refractivity (Wildman–Crippen MR) is 100 cm³/mol. The van der Waals surface area contributed by atoms with E-state index in [-0.39, 0.29) is 0 Å². The molecule has 0 amide bonds. The molecule has 4 rings (SSSR count). The molecule has 0 fully saturated rings. The second kappa shape index (κ2) is 5.89. The van der Waals surface area contributed by atoms with E-state index in [1.807, 2.05) is 0 Å². The maximum atomic E-state index is 2.31. The summed E-state index contributed by atoms with van der Waals surface area (Å²) in [4.78, 5) is 0. The second-order valence-electron chi connectivity index (χ2n) is 6.08. The molecule has 0 saturated carbocycles. The summed E-state index contributed by atoms with van der Waals surface area (Å²) in [6, 6.07) is 29.9. The zero-order chi connectivity index (χ0) is 16.5. The molecule has 2 aromatic heterocycles. The fourth-order valence-corrected chi connectivity index (χ4v) is 3.28. The van der Waals surface area contributed by atoms with Crippen molar-refractivity contribution >= 4 is 0 Å². The average Bonchev–Trinajstić information content (AvgIpc) is 3.19. The Morgan fingerprint density at radius 3 is 1.29 bits per heavy atom. The Hall–Kier alpha value is -3.00. The lowest BCUT2D eigenvalue weighted by molar-refractivity contribution is 0.642. The van der Waals surface area contributed by atoms with E-state index in [2.05, 4.69) is 108 Å². The van der Waals surface area contributed by atoms with Gasteiger partial charge in [-0.1, -0.05) is 60.7 Å². The number of hydrogen-bond donors (Lipinski definition) is 0. The summed E-state index contributed by atoms with van der Waals surface area (Å²) < 4.78 is 4.60. The molecule has 0 saturated heterocycles. The normalized spacial score (nSPS) is 10.9. The van der Waals surface area contributed by atoms with Crippen LogP contribution in [0.3, 0.4) is 0 Å². The molecule has 24 heavy (non-hydrogen) atoms. The van der Waals surface area contributed by atoms with E-state index in [0.717, 1.165) is 0 Å². The fraction of sp³-hybridized carbons (Fsp3) is 0.0909. The van der Waals surface area contributed by atoms with Gasteiger partial charge in [-0.3, -0.25) is 4.68 Å². The van der Waals surface area contributed by atoms with Gasteiger partial charge in [-0.25, -0.2) is 4.68 Å². The molecule has 118 valence electrons. The molecule has 0 spiro atoms. The molecule has 2 heterocycles. The zero-order valence-electron chi connectivity index (χ0n) is 14.0. The molecule has 2 heteroatoms. The Morgan fingerprint density at radius 1 is 0.458 bits per heavy atom. The van der Waals surface area contributed by atoms with E-state index in [4.69, 9.17) is 0 Å². The first kappa shape index (κ1) is 14.6. The van der Waals surface area contributed by atoms with Gasteiger partial charge in [0, 0.05) is 22.5 Å². The van der Waals surface area contributed by atoms with Gasteiger partial charge in [0.2, 0.25) is 0 Å². The number of aryl methyl sites for hydroxylation is 2. The van der Waals surface area contributed by atoms with Crippen LogP contribution in [0, 0.1) is 13.8 Å². The molecule has 0 aliphatic carbocycles. The minimum Gasteiger partial charge on any atom is -0.258 e. The van der Waals surface area contributed by atoms with Gasteiger partial charge in [-0.15, -0.1) is 0 Å². The van der Waals surface area contributed by atoms with E-state index in [0.29, 0.717) is 0 Å². The van der Waals surface area contributed by atoms with Crippen LogP contribution in [0.25, 0.3) is 22.5 Å². The van der Waals surface area contributed by atoms with Crippen molar-refractivity contribution in [1.82, 2.24) is 9.35 Å². The van der Waals surface area contributed by atoms with Gasteiger partial charge >= 0.3 is 0 Å². The van der Waals surface area contributed by atoms with Crippen LogP contribution in [0.2, 0.25) is 0 Å². The lowest BCUT2D eigenvalue weighted by Crippen LogP contribution is -2.14. The minimum atomic E-state index is 1.19.